The highest BCUT2D eigenvalue weighted by Gasteiger charge is 2.40. The molecule has 4 nitrogen and oxygen atoms in total. The zero-order valence-electron chi connectivity index (χ0n) is 13.0. The van der Waals surface area contributed by atoms with Crippen molar-refractivity contribution in [2.24, 2.45) is 5.92 Å². The molecule has 1 aliphatic heterocycles. The SMILES string of the molecule is CCC1CCN(CCCC(CC)(NC2CC2)C(=O)O)C1. The highest BCUT2D eigenvalue weighted by molar-refractivity contribution is 5.78. The molecule has 1 saturated carbocycles. The molecule has 0 aromatic carbocycles. The quantitative estimate of drug-likeness (QED) is 0.682. The predicted molar refractivity (Wildman–Crippen MR) is 80.9 cm³/mol. The summed E-state index contributed by atoms with van der Waals surface area (Å²) in [5.74, 6) is 0.190. The topological polar surface area (TPSA) is 52.6 Å². The minimum Gasteiger partial charge on any atom is -0.480 e. The summed E-state index contributed by atoms with van der Waals surface area (Å²) in [5.41, 5.74) is -0.689. The van der Waals surface area contributed by atoms with Crippen molar-refractivity contribution in [3.8, 4) is 0 Å². The second-order valence-corrected chi connectivity index (χ2v) is 6.63. The van der Waals surface area contributed by atoms with E-state index in [9.17, 15) is 9.90 Å². The number of carbonyl (C=O) groups is 1. The average molecular weight is 282 g/mol. The van der Waals surface area contributed by atoms with Crippen molar-refractivity contribution in [3.63, 3.8) is 0 Å². The van der Waals surface area contributed by atoms with Crippen LogP contribution in [0.4, 0.5) is 0 Å². The van der Waals surface area contributed by atoms with Gasteiger partial charge in [-0.1, -0.05) is 20.3 Å². The molecule has 116 valence electrons. The number of carboxylic acid groups (broad SMARTS) is 1. The summed E-state index contributed by atoms with van der Waals surface area (Å²) in [6.45, 7) is 7.71. The Labute approximate surface area is 122 Å². The number of aliphatic carboxylic acids is 1. The summed E-state index contributed by atoms with van der Waals surface area (Å²) < 4.78 is 0. The van der Waals surface area contributed by atoms with E-state index in [4.69, 9.17) is 0 Å². The van der Waals surface area contributed by atoms with Gasteiger partial charge in [0.15, 0.2) is 0 Å². The van der Waals surface area contributed by atoms with Gasteiger partial charge in [0, 0.05) is 12.6 Å². The van der Waals surface area contributed by atoms with E-state index < -0.39 is 11.5 Å². The van der Waals surface area contributed by atoms with Crippen LogP contribution in [0.1, 0.15) is 58.8 Å². The summed E-state index contributed by atoms with van der Waals surface area (Å²) in [6, 6.07) is 0.447. The molecule has 20 heavy (non-hydrogen) atoms. The molecule has 2 atom stereocenters. The van der Waals surface area contributed by atoms with E-state index in [-0.39, 0.29) is 0 Å². The number of hydrogen-bond donors (Lipinski definition) is 2. The molecule has 2 fully saturated rings. The maximum absolute atomic E-state index is 11.7. The van der Waals surface area contributed by atoms with E-state index in [0.717, 1.165) is 38.1 Å². The smallest absolute Gasteiger partial charge is 0.323 e. The van der Waals surface area contributed by atoms with Crippen LogP contribution in [0.2, 0.25) is 0 Å². The molecule has 1 saturated heterocycles. The monoisotopic (exact) mass is 282 g/mol. The first-order valence-electron chi connectivity index (χ1n) is 8.33. The molecule has 0 bridgehead atoms. The van der Waals surface area contributed by atoms with Crippen molar-refractivity contribution in [3.05, 3.63) is 0 Å². The summed E-state index contributed by atoms with van der Waals surface area (Å²) in [7, 11) is 0. The van der Waals surface area contributed by atoms with Crippen molar-refractivity contribution in [1.29, 1.82) is 0 Å². The largest absolute Gasteiger partial charge is 0.480 e. The Hall–Kier alpha value is -0.610. The number of carboxylic acids is 1. The van der Waals surface area contributed by atoms with Crippen LogP contribution in [0.15, 0.2) is 0 Å². The van der Waals surface area contributed by atoms with Gasteiger partial charge in [-0.05, 0) is 57.5 Å². The summed E-state index contributed by atoms with van der Waals surface area (Å²) >= 11 is 0. The van der Waals surface area contributed by atoms with Gasteiger partial charge in [-0.2, -0.15) is 0 Å². The van der Waals surface area contributed by atoms with Crippen LogP contribution >= 0.6 is 0 Å². The number of nitrogens with zero attached hydrogens (tertiary/aromatic N) is 1. The fourth-order valence-electron chi connectivity index (χ4n) is 3.34. The van der Waals surface area contributed by atoms with Crippen LogP contribution in [0.25, 0.3) is 0 Å². The lowest BCUT2D eigenvalue weighted by Gasteiger charge is -2.30. The van der Waals surface area contributed by atoms with E-state index >= 15 is 0 Å². The fourth-order valence-corrected chi connectivity index (χ4v) is 3.34. The molecule has 0 spiro atoms. The summed E-state index contributed by atoms with van der Waals surface area (Å²) in [5, 5.41) is 13.0. The second kappa shape index (κ2) is 6.90. The second-order valence-electron chi connectivity index (χ2n) is 6.63. The lowest BCUT2D eigenvalue weighted by Crippen LogP contribution is -2.53. The molecule has 0 amide bonds. The average Bonchev–Trinajstić information content (AvgIpc) is 3.13. The minimum atomic E-state index is -0.689. The maximum Gasteiger partial charge on any atom is 0.323 e. The standard InChI is InChI=1S/C16H30N2O2/c1-3-13-8-11-18(12-13)10-5-9-16(4-2,15(19)20)17-14-6-7-14/h13-14,17H,3-12H2,1-2H3,(H,19,20). The molecule has 4 heteroatoms. The molecule has 1 heterocycles. The van der Waals surface area contributed by atoms with Crippen molar-refractivity contribution >= 4 is 5.97 Å². The minimum absolute atomic E-state index is 0.447. The zero-order chi connectivity index (χ0) is 14.6. The van der Waals surface area contributed by atoms with Crippen molar-refractivity contribution in [2.75, 3.05) is 19.6 Å². The number of likely N-dealkylation sites (tertiary alicyclic amines) is 1. The van der Waals surface area contributed by atoms with Crippen LogP contribution in [0, 0.1) is 5.92 Å². The van der Waals surface area contributed by atoms with Crippen LogP contribution < -0.4 is 5.32 Å². The molecule has 1 aliphatic carbocycles. The Balaban J connectivity index is 1.78. The Bertz CT molecular complexity index is 330. The molecule has 2 unspecified atom stereocenters. The summed E-state index contributed by atoms with van der Waals surface area (Å²) in [4.78, 5) is 14.2. The molecular weight excluding hydrogens is 252 g/mol. The Morgan fingerprint density at radius 3 is 2.60 bits per heavy atom. The zero-order valence-corrected chi connectivity index (χ0v) is 13.0. The van der Waals surface area contributed by atoms with E-state index in [1.165, 1.54) is 25.9 Å². The first-order chi connectivity index (χ1) is 9.59. The molecule has 0 aromatic heterocycles. The molecular formula is C16H30N2O2. The van der Waals surface area contributed by atoms with E-state index in [1.54, 1.807) is 0 Å². The molecule has 0 aromatic rings. The van der Waals surface area contributed by atoms with Gasteiger partial charge in [0.1, 0.15) is 5.54 Å². The molecule has 0 radical (unpaired) electrons. The number of nitrogens with one attached hydrogen (secondary N) is 1. The van der Waals surface area contributed by atoms with Gasteiger partial charge >= 0.3 is 5.97 Å². The summed E-state index contributed by atoms with van der Waals surface area (Å²) in [6.07, 6.45) is 7.27. The number of hydrogen-bond acceptors (Lipinski definition) is 3. The van der Waals surface area contributed by atoms with E-state index in [1.807, 2.05) is 6.92 Å². The van der Waals surface area contributed by atoms with Gasteiger partial charge in [0.25, 0.3) is 0 Å². The van der Waals surface area contributed by atoms with Gasteiger partial charge in [0.2, 0.25) is 0 Å². The van der Waals surface area contributed by atoms with Crippen LogP contribution in [-0.2, 0) is 4.79 Å². The normalized spacial score (nSPS) is 26.6. The first kappa shape index (κ1) is 15.8. The maximum atomic E-state index is 11.7. The van der Waals surface area contributed by atoms with Gasteiger partial charge in [-0.25, -0.2) is 0 Å². The predicted octanol–water partition coefficient (Wildman–Crippen LogP) is 2.48. The highest BCUT2D eigenvalue weighted by atomic mass is 16.4. The fraction of sp³-hybridized carbons (Fsp3) is 0.938. The highest BCUT2D eigenvalue weighted by Crippen LogP contribution is 2.28. The Morgan fingerprint density at radius 1 is 1.35 bits per heavy atom. The van der Waals surface area contributed by atoms with Crippen LogP contribution in [0.3, 0.4) is 0 Å². The van der Waals surface area contributed by atoms with Crippen LogP contribution in [-0.4, -0.2) is 47.2 Å². The van der Waals surface area contributed by atoms with Gasteiger partial charge in [-0.15, -0.1) is 0 Å². The van der Waals surface area contributed by atoms with Crippen molar-refractivity contribution in [2.45, 2.75) is 70.4 Å². The van der Waals surface area contributed by atoms with Gasteiger partial charge < -0.3 is 10.0 Å². The van der Waals surface area contributed by atoms with E-state index in [0.29, 0.717) is 12.5 Å². The Kier molecular flexibility index (Phi) is 5.44. The Morgan fingerprint density at radius 2 is 2.10 bits per heavy atom. The lowest BCUT2D eigenvalue weighted by molar-refractivity contribution is -0.145. The van der Waals surface area contributed by atoms with E-state index in [2.05, 4.69) is 17.1 Å². The molecule has 2 aliphatic rings. The third-order valence-corrected chi connectivity index (χ3v) is 5.10. The van der Waals surface area contributed by atoms with Gasteiger partial charge in [-0.3, -0.25) is 10.1 Å². The molecule has 2 N–H and O–H groups in total. The van der Waals surface area contributed by atoms with Crippen molar-refractivity contribution < 1.29 is 9.90 Å². The molecule has 2 rings (SSSR count). The van der Waals surface area contributed by atoms with Crippen molar-refractivity contribution in [1.82, 2.24) is 10.2 Å². The lowest BCUT2D eigenvalue weighted by atomic mass is 9.90. The van der Waals surface area contributed by atoms with Crippen LogP contribution in [0.5, 0.6) is 0 Å². The number of rotatable bonds is 9. The first-order valence-corrected chi connectivity index (χ1v) is 8.33. The van der Waals surface area contributed by atoms with Gasteiger partial charge in [0.05, 0.1) is 0 Å². The third-order valence-electron chi connectivity index (χ3n) is 5.10. The third kappa shape index (κ3) is 3.95.